The number of rotatable bonds is 4. The molecule has 0 amide bonds. The number of aryl methyl sites for hydroxylation is 1. The van der Waals surface area contributed by atoms with Gasteiger partial charge in [-0.3, -0.25) is 0 Å². The summed E-state index contributed by atoms with van der Waals surface area (Å²) in [4.78, 5) is 2.83. The molecule has 0 aliphatic rings. The minimum Gasteiger partial charge on any atom is -0.392 e. The Kier molecular flexibility index (Phi) is 3.40. The van der Waals surface area contributed by atoms with Gasteiger partial charge in [0.25, 0.3) is 0 Å². The monoisotopic (exact) mass is 271 g/mol. The van der Waals surface area contributed by atoms with E-state index < -0.39 is 0 Å². The Hall–Kier alpha value is -1.58. The average Bonchev–Trinajstić information content (AvgIpc) is 3.06. The topological polar surface area (TPSA) is 25.2 Å². The van der Waals surface area contributed by atoms with Gasteiger partial charge in [0.05, 0.1) is 13.2 Å². The molecule has 19 heavy (non-hydrogen) atoms. The summed E-state index contributed by atoms with van der Waals surface area (Å²) < 4.78 is 2.27. The SMILES string of the molecule is CCc1ccc(Cn2ccc3cc(CO)ccc32)s1. The third-order valence-corrected chi connectivity index (χ3v) is 4.62. The summed E-state index contributed by atoms with van der Waals surface area (Å²) in [6.07, 6.45) is 3.23. The lowest BCUT2D eigenvalue weighted by atomic mass is 10.2. The number of benzene rings is 1. The van der Waals surface area contributed by atoms with Crippen molar-refractivity contribution < 1.29 is 5.11 Å². The van der Waals surface area contributed by atoms with E-state index in [1.54, 1.807) is 0 Å². The van der Waals surface area contributed by atoms with E-state index in [1.807, 2.05) is 17.4 Å². The standard InChI is InChI=1S/C16H17NOS/c1-2-14-4-5-15(19-14)10-17-8-7-13-9-12(11-18)3-6-16(13)17/h3-9,18H,2,10-11H2,1H3. The van der Waals surface area contributed by atoms with Crippen LogP contribution in [-0.4, -0.2) is 9.67 Å². The van der Waals surface area contributed by atoms with Gasteiger partial charge >= 0.3 is 0 Å². The largest absolute Gasteiger partial charge is 0.392 e. The van der Waals surface area contributed by atoms with E-state index in [4.69, 9.17) is 5.11 Å². The van der Waals surface area contributed by atoms with E-state index in [0.29, 0.717) is 0 Å². The third kappa shape index (κ3) is 2.44. The first-order chi connectivity index (χ1) is 9.30. The minimum absolute atomic E-state index is 0.103. The van der Waals surface area contributed by atoms with Crippen LogP contribution < -0.4 is 0 Å². The van der Waals surface area contributed by atoms with Crippen molar-refractivity contribution in [3.05, 3.63) is 57.9 Å². The van der Waals surface area contributed by atoms with Crippen LogP contribution in [0.1, 0.15) is 22.2 Å². The van der Waals surface area contributed by atoms with Crippen molar-refractivity contribution in [2.75, 3.05) is 0 Å². The van der Waals surface area contributed by atoms with Crippen LogP contribution in [0.2, 0.25) is 0 Å². The normalized spacial score (nSPS) is 11.3. The molecule has 0 aliphatic heterocycles. The highest BCUT2D eigenvalue weighted by Gasteiger charge is 2.04. The Morgan fingerprint density at radius 2 is 1.95 bits per heavy atom. The number of aliphatic hydroxyl groups is 1. The zero-order valence-electron chi connectivity index (χ0n) is 11.0. The highest BCUT2D eigenvalue weighted by molar-refractivity contribution is 7.11. The second kappa shape index (κ2) is 5.19. The van der Waals surface area contributed by atoms with Gasteiger partial charge in [0.1, 0.15) is 0 Å². The van der Waals surface area contributed by atoms with Crippen molar-refractivity contribution in [2.24, 2.45) is 0 Å². The zero-order chi connectivity index (χ0) is 13.2. The van der Waals surface area contributed by atoms with Gasteiger partial charge in [-0.15, -0.1) is 11.3 Å². The fourth-order valence-electron chi connectivity index (χ4n) is 2.35. The van der Waals surface area contributed by atoms with E-state index in [1.165, 1.54) is 20.7 Å². The molecular formula is C16H17NOS. The Balaban J connectivity index is 1.92. The maximum absolute atomic E-state index is 9.16. The van der Waals surface area contributed by atoms with Crippen molar-refractivity contribution in [2.45, 2.75) is 26.5 Å². The molecular weight excluding hydrogens is 254 g/mol. The molecule has 1 aromatic carbocycles. The van der Waals surface area contributed by atoms with Crippen LogP contribution >= 0.6 is 11.3 Å². The molecule has 0 fully saturated rings. The summed E-state index contributed by atoms with van der Waals surface area (Å²) >= 11 is 1.89. The van der Waals surface area contributed by atoms with Crippen molar-refractivity contribution in [3.63, 3.8) is 0 Å². The first-order valence-corrected chi connectivity index (χ1v) is 7.38. The fraction of sp³-hybridized carbons (Fsp3) is 0.250. The molecule has 0 saturated heterocycles. The van der Waals surface area contributed by atoms with Crippen LogP contribution in [0.4, 0.5) is 0 Å². The van der Waals surface area contributed by atoms with E-state index in [-0.39, 0.29) is 6.61 Å². The lowest BCUT2D eigenvalue weighted by molar-refractivity contribution is 0.282. The van der Waals surface area contributed by atoms with Crippen LogP contribution in [0.15, 0.2) is 42.6 Å². The quantitative estimate of drug-likeness (QED) is 0.767. The average molecular weight is 271 g/mol. The lowest BCUT2D eigenvalue weighted by Crippen LogP contribution is -1.95. The van der Waals surface area contributed by atoms with Crippen molar-refractivity contribution in [1.82, 2.24) is 4.57 Å². The van der Waals surface area contributed by atoms with Crippen LogP contribution in [0, 0.1) is 0 Å². The molecule has 0 unspecified atom stereocenters. The van der Waals surface area contributed by atoms with Gasteiger partial charge in [-0.2, -0.15) is 0 Å². The lowest BCUT2D eigenvalue weighted by Gasteiger charge is -2.04. The zero-order valence-corrected chi connectivity index (χ0v) is 11.8. The predicted octanol–water partition coefficient (Wildman–Crippen LogP) is 3.81. The van der Waals surface area contributed by atoms with Crippen LogP contribution in [-0.2, 0) is 19.6 Å². The third-order valence-electron chi connectivity index (χ3n) is 3.41. The smallest absolute Gasteiger partial charge is 0.0682 e. The van der Waals surface area contributed by atoms with Gasteiger partial charge in [-0.1, -0.05) is 13.0 Å². The first kappa shape index (κ1) is 12.5. The molecule has 98 valence electrons. The van der Waals surface area contributed by atoms with Crippen molar-refractivity contribution >= 4 is 22.2 Å². The number of hydrogen-bond acceptors (Lipinski definition) is 2. The molecule has 0 bridgehead atoms. The number of thiophene rings is 1. The molecule has 0 atom stereocenters. The number of fused-ring (bicyclic) bond motifs is 1. The molecule has 2 aromatic heterocycles. The molecule has 0 saturated carbocycles. The minimum atomic E-state index is 0.103. The summed E-state index contributed by atoms with van der Waals surface area (Å²) in [7, 11) is 0. The van der Waals surface area contributed by atoms with Crippen LogP contribution in [0.5, 0.6) is 0 Å². The maximum atomic E-state index is 9.16. The van der Waals surface area contributed by atoms with E-state index in [2.05, 4.69) is 48.0 Å². The van der Waals surface area contributed by atoms with Gasteiger partial charge in [0.2, 0.25) is 0 Å². The number of aliphatic hydroxyl groups excluding tert-OH is 1. The molecule has 2 nitrogen and oxygen atoms in total. The molecule has 1 N–H and O–H groups in total. The second-order valence-corrected chi connectivity index (χ2v) is 5.97. The predicted molar refractivity (Wildman–Crippen MR) is 80.7 cm³/mol. The summed E-state index contributed by atoms with van der Waals surface area (Å²) in [6.45, 7) is 3.22. The highest BCUT2D eigenvalue weighted by atomic mass is 32.1. The summed E-state index contributed by atoms with van der Waals surface area (Å²) in [5, 5.41) is 10.4. The summed E-state index contributed by atoms with van der Waals surface area (Å²) in [6, 6.07) is 12.7. The Labute approximate surface area is 116 Å². The molecule has 3 rings (SSSR count). The van der Waals surface area contributed by atoms with E-state index in [0.717, 1.165) is 18.5 Å². The van der Waals surface area contributed by atoms with Gasteiger partial charge in [0, 0.05) is 21.5 Å². The molecule has 3 aromatic rings. The van der Waals surface area contributed by atoms with E-state index >= 15 is 0 Å². The van der Waals surface area contributed by atoms with Gasteiger partial charge in [-0.05, 0) is 47.7 Å². The number of nitrogens with zero attached hydrogens (tertiary/aromatic N) is 1. The molecule has 0 spiro atoms. The van der Waals surface area contributed by atoms with Crippen molar-refractivity contribution in [1.29, 1.82) is 0 Å². The summed E-state index contributed by atoms with van der Waals surface area (Å²) in [5.41, 5.74) is 2.19. The van der Waals surface area contributed by atoms with Gasteiger partial charge in [-0.25, -0.2) is 0 Å². The number of hydrogen-bond donors (Lipinski definition) is 1. The van der Waals surface area contributed by atoms with Crippen LogP contribution in [0.25, 0.3) is 10.9 Å². The molecule has 3 heteroatoms. The molecule has 0 aliphatic carbocycles. The van der Waals surface area contributed by atoms with Crippen molar-refractivity contribution in [3.8, 4) is 0 Å². The highest BCUT2D eigenvalue weighted by Crippen LogP contribution is 2.22. The van der Waals surface area contributed by atoms with Crippen LogP contribution in [0.3, 0.4) is 0 Å². The first-order valence-electron chi connectivity index (χ1n) is 6.56. The second-order valence-electron chi connectivity index (χ2n) is 4.72. The van der Waals surface area contributed by atoms with E-state index in [9.17, 15) is 0 Å². The maximum Gasteiger partial charge on any atom is 0.0682 e. The fourth-order valence-corrected chi connectivity index (χ4v) is 3.31. The van der Waals surface area contributed by atoms with Gasteiger partial charge in [0.15, 0.2) is 0 Å². The Bertz CT molecular complexity index is 696. The number of aromatic nitrogens is 1. The molecule has 0 radical (unpaired) electrons. The summed E-state index contributed by atoms with van der Waals surface area (Å²) in [5.74, 6) is 0. The Morgan fingerprint density at radius 1 is 1.11 bits per heavy atom. The van der Waals surface area contributed by atoms with Gasteiger partial charge < -0.3 is 9.67 Å². The Morgan fingerprint density at radius 3 is 2.68 bits per heavy atom. The molecule has 2 heterocycles.